The van der Waals surface area contributed by atoms with Gasteiger partial charge in [-0.1, -0.05) is 36.4 Å². The summed E-state index contributed by atoms with van der Waals surface area (Å²) in [5.74, 6) is 1.57. The van der Waals surface area contributed by atoms with E-state index >= 15 is 0 Å². The Morgan fingerprint density at radius 2 is 1.81 bits per heavy atom. The van der Waals surface area contributed by atoms with E-state index in [-0.39, 0.29) is 12.1 Å². The van der Waals surface area contributed by atoms with Crippen molar-refractivity contribution >= 4 is 6.09 Å². The topological polar surface area (TPSA) is 69.3 Å². The maximum Gasteiger partial charge on any atom is 0.410 e. The minimum absolute atomic E-state index is 0.173. The number of nitrogens with one attached hydrogen (secondary N) is 1. The lowest BCUT2D eigenvalue weighted by Crippen LogP contribution is -2.53. The average molecular weight is 429 g/mol. The van der Waals surface area contributed by atoms with Gasteiger partial charge in [0.1, 0.15) is 18.1 Å². The second kappa shape index (κ2) is 12.8. The van der Waals surface area contributed by atoms with Gasteiger partial charge in [-0.25, -0.2) is 4.79 Å². The summed E-state index contributed by atoms with van der Waals surface area (Å²) in [6.07, 6.45) is 1.37. The second-order valence-corrected chi connectivity index (χ2v) is 7.44. The standard InChI is InChI=1S/C24H32N2O5/c1-28-14-6-15-29-22-9-5-10-23(17-22)30-16-11-21-18-26(13-12-25-21)24(27)31-19-20-7-3-2-4-8-20/h2-5,7-10,17,21,25H,6,11-16,18-19H2,1H3. The molecule has 1 fully saturated rings. The number of methoxy groups -OCH3 is 1. The van der Waals surface area contributed by atoms with E-state index in [2.05, 4.69) is 5.32 Å². The van der Waals surface area contributed by atoms with Crippen LogP contribution in [-0.2, 0) is 16.1 Å². The Balaban J connectivity index is 1.37. The second-order valence-electron chi connectivity index (χ2n) is 7.44. The van der Waals surface area contributed by atoms with Gasteiger partial charge in [-0.3, -0.25) is 0 Å². The monoisotopic (exact) mass is 428 g/mol. The Kier molecular flexibility index (Phi) is 9.47. The highest BCUT2D eigenvalue weighted by Gasteiger charge is 2.24. The SMILES string of the molecule is COCCCOc1cccc(OCCC2CN(C(=O)OCc3ccccc3)CCN2)c1. The van der Waals surface area contributed by atoms with Gasteiger partial charge in [-0.05, 0) is 24.1 Å². The van der Waals surface area contributed by atoms with Gasteiger partial charge in [0, 0.05) is 51.9 Å². The summed E-state index contributed by atoms with van der Waals surface area (Å²) < 4.78 is 22.1. The highest BCUT2D eigenvalue weighted by Crippen LogP contribution is 2.20. The zero-order chi connectivity index (χ0) is 21.7. The Labute approximate surface area is 184 Å². The van der Waals surface area contributed by atoms with Crippen LogP contribution in [0.5, 0.6) is 11.5 Å². The molecule has 0 aromatic heterocycles. The van der Waals surface area contributed by atoms with Crippen molar-refractivity contribution < 1.29 is 23.7 Å². The molecule has 3 rings (SSSR count). The molecular formula is C24H32N2O5. The summed E-state index contributed by atoms with van der Waals surface area (Å²) in [6, 6.07) is 17.5. The molecule has 0 radical (unpaired) electrons. The summed E-state index contributed by atoms with van der Waals surface area (Å²) in [6.45, 7) is 4.14. The van der Waals surface area contributed by atoms with Crippen molar-refractivity contribution in [2.45, 2.75) is 25.5 Å². The molecule has 168 valence electrons. The highest BCUT2D eigenvalue weighted by molar-refractivity contribution is 5.67. The van der Waals surface area contributed by atoms with E-state index in [1.807, 2.05) is 54.6 Å². The molecule has 1 atom stereocenters. The highest BCUT2D eigenvalue weighted by atomic mass is 16.6. The van der Waals surface area contributed by atoms with Crippen LogP contribution in [0.3, 0.4) is 0 Å². The molecule has 7 nitrogen and oxygen atoms in total. The third-order valence-corrected chi connectivity index (χ3v) is 5.02. The quantitative estimate of drug-likeness (QED) is 0.553. The number of nitrogens with zero attached hydrogens (tertiary/aromatic N) is 1. The number of benzene rings is 2. The molecule has 0 bridgehead atoms. The summed E-state index contributed by atoms with van der Waals surface area (Å²) in [4.78, 5) is 14.2. The third kappa shape index (κ3) is 8.11. The molecule has 1 aliphatic heterocycles. The molecule has 1 amide bonds. The van der Waals surface area contributed by atoms with Gasteiger partial charge in [-0.15, -0.1) is 0 Å². The van der Waals surface area contributed by atoms with Crippen LogP contribution in [0.25, 0.3) is 0 Å². The molecule has 7 heteroatoms. The molecule has 1 saturated heterocycles. The Hall–Kier alpha value is -2.77. The van der Waals surface area contributed by atoms with Crippen molar-refractivity contribution in [3.8, 4) is 11.5 Å². The fourth-order valence-corrected chi connectivity index (χ4v) is 3.36. The molecule has 0 spiro atoms. The van der Waals surface area contributed by atoms with Crippen LogP contribution in [0.2, 0.25) is 0 Å². The lowest BCUT2D eigenvalue weighted by Gasteiger charge is -2.33. The minimum atomic E-state index is -0.269. The van der Waals surface area contributed by atoms with Gasteiger partial charge >= 0.3 is 6.09 Å². The molecular weight excluding hydrogens is 396 g/mol. The Bertz CT molecular complexity index is 787. The van der Waals surface area contributed by atoms with Crippen LogP contribution in [0.4, 0.5) is 4.79 Å². The van der Waals surface area contributed by atoms with Crippen LogP contribution in [-0.4, -0.2) is 63.6 Å². The molecule has 1 unspecified atom stereocenters. The first-order valence-electron chi connectivity index (χ1n) is 10.8. The summed E-state index contributed by atoms with van der Waals surface area (Å²) >= 11 is 0. The smallest absolute Gasteiger partial charge is 0.410 e. The van der Waals surface area contributed by atoms with Crippen molar-refractivity contribution in [3.63, 3.8) is 0 Å². The van der Waals surface area contributed by atoms with Crippen LogP contribution in [0.1, 0.15) is 18.4 Å². The minimum Gasteiger partial charge on any atom is -0.493 e. The van der Waals surface area contributed by atoms with E-state index in [9.17, 15) is 4.79 Å². The van der Waals surface area contributed by atoms with E-state index in [1.165, 1.54) is 0 Å². The first-order chi connectivity index (χ1) is 15.2. The fraction of sp³-hybridized carbons (Fsp3) is 0.458. The number of piperazine rings is 1. The van der Waals surface area contributed by atoms with Crippen molar-refractivity contribution in [2.75, 3.05) is 46.6 Å². The molecule has 1 heterocycles. The lowest BCUT2D eigenvalue weighted by molar-refractivity contribution is 0.0827. The molecule has 0 saturated carbocycles. The number of rotatable bonds is 11. The largest absolute Gasteiger partial charge is 0.493 e. The first kappa shape index (κ1) is 22.9. The third-order valence-electron chi connectivity index (χ3n) is 5.02. The summed E-state index contributed by atoms with van der Waals surface area (Å²) in [5, 5.41) is 3.45. The zero-order valence-corrected chi connectivity index (χ0v) is 18.1. The molecule has 1 N–H and O–H groups in total. The van der Waals surface area contributed by atoms with Gasteiger partial charge in [0.05, 0.1) is 13.2 Å². The zero-order valence-electron chi connectivity index (χ0n) is 18.1. The maximum atomic E-state index is 12.4. The number of carbonyl (C=O) groups is 1. The Morgan fingerprint density at radius 3 is 2.58 bits per heavy atom. The Morgan fingerprint density at radius 1 is 1.03 bits per heavy atom. The molecule has 2 aromatic carbocycles. The van der Waals surface area contributed by atoms with Gasteiger partial charge in [0.25, 0.3) is 0 Å². The van der Waals surface area contributed by atoms with Crippen LogP contribution >= 0.6 is 0 Å². The number of amides is 1. The van der Waals surface area contributed by atoms with Crippen molar-refractivity contribution in [1.82, 2.24) is 10.2 Å². The van der Waals surface area contributed by atoms with E-state index in [4.69, 9.17) is 18.9 Å². The van der Waals surface area contributed by atoms with Crippen molar-refractivity contribution in [2.24, 2.45) is 0 Å². The van der Waals surface area contributed by atoms with Gasteiger partial charge in [0.2, 0.25) is 0 Å². The van der Waals surface area contributed by atoms with E-state index in [0.29, 0.717) is 39.5 Å². The summed E-state index contributed by atoms with van der Waals surface area (Å²) in [5.41, 5.74) is 0.987. The predicted octanol–water partition coefficient (Wildman–Crippen LogP) is 3.48. The summed E-state index contributed by atoms with van der Waals surface area (Å²) in [7, 11) is 1.68. The van der Waals surface area contributed by atoms with Gasteiger partial charge in [0.15, 0.2) is 0 Å². The van der Waals surface area contributed by atoms with Gasteiger partial charge < -0.3 is 29.2 Å². The van der Waals surface area contributed by atoms with Crippen LogP contribution in [0, 0.1) is 0 Å². The van der Waals surface area contributed by atoms with E-state index in [0.717, 1.165) is 36.4 Å². The first-order valence-corrected chi connectivity index (χ1v) is 10.8. The van der Waals surface area contributed by atoms with Crippen molar-refractivity contribution in [1.29, 1.82) is 0 Å². The van der Waals surface area contributed by atoms with Crippen LogP contribution < -0.4 is 14.8 Å². The van der Waals surface area contributed by atoms with E-state index in [1.54, 1.807) is 12.0 Å². The van der Waals surface area contributed by atoms with Crippen LogP contribution in [0.15, 0.2) is 54.6 Å². The number of carbonyl (C=O) groups excluding carboxylic acids is 1. The average Bonchev–Trinajstić information content (AvgIpc) is 2.81. The molecule has 1 aliphatic rings. The predicted molar refractivity (Wildman–Crippen MR) is 119 cm³/mol. The van der Waals surface area contributed by atoms with E-state index < -0.39 is 0 Å². The van der Waals surface area contributed by atoms with Crippen molar-refractivity contribution in [3.05, 3.63) is 60.2 Å². The molecule has 0 aliphatic carbocycles. The normalized spacial score (nSPS) is 16.0. The molecule has 2 aromatic rings. The number of hydrogen-bond acceptors (Lipinski definition) is 6. The fourth-order valence-electron chi connectivity index (χ4n) is 3.36. The maximum absolute atomic E-state index is 12.4. The number of hydrogen-bond donors (Lipinski definition) is 1. The van der Waals surface area contributed by atoms with Gasteiger partial charge in [-0.2, -0.15) is 0 Å². The molecule has 31 heavy (non-hydrogen) atoms. The number of ether oxygens (including phenoxy) is 4. The lowest BCUT2D eigenvalue weighted by atomic mass is 10.1.